The standard InChI is InChI=1S/C12H15ClN4O/c1-16-9-6-14-12(13)15-11(9)17(10(16)7-18)8-4-2-3-5-8/h6-8,10H,2-5H2,1H3. The van der Waals surface area contributed by atoms with Gasteiger partial charge in [-0.25, -0.2) is 4.98 Å². The first-order valence-corrected chi connectivity index (χ1v) is 6.59. The van der Waals surface area contributed by atoms with Gasteiger partial charge in [0.05, 0.1) is 6.20 Å². The van der Waals surface area contributed by atoms with Gasteiger partial charge >= 0.3 is 0 Å². The van der Waals surface area contributed by atoms with Gasteiger partial charge in [-0.05, 0) is 24.4 Å². The van der Waals surface area contributed by atoms with Crippen LogP contribution in [0.5, 0.6) is 0 Å². The van der Waals surface area contributed by atoms with Gasteiger partial charge in [0.2, 0.25) is 5.28 Å². The lowest BCUT2D eigenvalue weighted by molar-refractivity contribution is -0.108. The van der Waals surface area contributed by atoms with Crippen LogP contribution >= 0.6 is 11.6 Å². The molecule has 0 radical (unpaired) electrons. The second-order valence-electron chi connectivity index (χ2n) is 4.85. The first-order valence-electron chi connectivity index (χ1n) is 6.21. The monoisotopic (exact) mass is 266 g/mol. The van der Waals surface area contributed by atoms with Gasteiger partial charge in [0.25, 0.3) is 0 Å². The fourth-order valence-corrected chi connectivity index (χ4v) is 3.10. The Kier molecular flexibility index (Phi) is 2.86. The Bertz CT molecular complexity index is 475. The van der Waals surface area contributed by atoms with Crippen LogP contribution in [-0.4, -0.2) is 35.5 Å². The number of carbonyl (C=O) groups excluding carboxylic acids is 1. The van der Waals surface area contributed by atoms with Gasteiger partial charge < -0.3 is 9.80 Å². The quantitative estimate of drug-likeness (QED) is 0.604. The van der Waals surface area contributed by atoms with Crippen molar-refractivity contribution in [1.29, 1.82) is 0 Å². The van der Waals surface area contributed by atoms with Crippen molar-refractivity contribution in [1.82, 2.24) is 9.97 Å². The van der Waals surface area contributed by atoms with E-state index in [9.17, 15) is 4.79 Å². The molecule has 0 amide bonds. The third-order valence-electron chi connectivity index (χ3n) is 3.87. The highest BCUT2D eigenvalue weighted by Crippen LogP contribution is 2.40. The number of aromatic nitrogens is 2. The maximum Gasteiger partial charge on any atom is 0.224 e. The molecule has 96 valence electrons. The van der Waals surface area contributed by atoms with E-state index in [1.807, 2.05) is 11.9 Å². The molecule has 1 aliphatic carbocycles. The lowest BCUT2D eigenvalue weighted by atomic mass is 10.2. The van der Waals surface area contributed by atoms with Crippen molar-refractivity contribution in [2.24, 2.45) is 0 Å². The van der Waals surface area contributed by atoms with Gasteiger partial charge in [-0.2, -0.15) is 4.98 Å². The number of aldehydes is 1. The van der Waals surface area contributed by atoms with E-state index in [2.05, 4.69) is 14.9 Å². The summed E-state index contributed by atoms with van der Waals surface area (Å²) < 4.78 is 0. The first-order chi connectivity index (χ1) is 8.72. The van der Waals surface area contributed by atoms with Gasteiger partial charge in [0.1, 0.15) is 5.69 Å². The molecule has 0 N–H and O–H groups in total. The molecule has 0 aromatic carbocycles. The van der Waals surface area contributed by atoms with Crippen molar-refractivity contribution in [3.63, 3.8) is 0 Å². The molecule has 3 rings (SSSR count). The smallest absolute Gasteiger partial charge is 0.224 e. The van der Waals surface area contributed by atoms with Gasteiger partial charge in [-0.1, -0.05) is 12.8 Å². The summed E-state index contributed by atoms with van der Waals surface area (Å²) in [6, 6.07) is 0.384. The summed E-state index contributed by atoms with van der Waals surface area (Å²) in [7, 11) is 1.89. The normalized spacial score (nSPS) is 23.6. The van der Waals surface area contributed by atoms with E-state index in [1.54, 1.807) is 6.20 Å². The van der Waals surface area contributed by atoms with Gasteiger partial charge in [0, 0.05) is 13.1 Å². The Labute approximate surface area is 111 Å². The van der Waals surface area contributed by atoms with Crippen molar-refractivity contribution in [3.8, 4) is 0 Å². The summed E-state index contributed by atoms with van der Waals surface area (Å²) in [6.45, 7) is 0. The molecule has 18 heavy (non-hydrogen) atoms. The zero-order valence-electron chi connectivity index (χ0n) is 10.2. The SMILES string of the molecule is CN1c2cnc(Cl)nc2N(C2CCCC2)C1C=O. The van der Waals surface area contributed by atoms with E-state index in [-0.39, 0.29) is 11.4 Å². The fourth-order valence-electron chi connectivity index (χ4n) is 2.97. The zero-order valence-corrected chi connectivity index (χ0v) is 11.0. The Hall–Kier alpha value is -1.36. The summed E-state index contributed by atoms with van der Waals surface area (Å²) in [5.74, 6) is 0.793. The van der Waals surface area contributed by atoms with Crippen LogP contribution in [0, 0.1) is 0 Å². The van der Waals surface area contributed by atoms with Crippen LogP contribution in [0.15, 0.2) is 6.20 Å². The summed E-state index contributed by atoms with van der Waals surface area (Å²) in [5, 5.41) is 0.233. The van der Waals surface area contributed by atoms with Gasteiger partial charge in [-0.15, -0.1) is 0 Å². The minimum atomic E-state index is -0.282. The Morgan fingerprint density at radius 2 is 2.17 bits per heavy atom. The molecule has 0 saturated heterocycles. The highest BCUT2D eigenvalue weighted by Gasteiger charge is 2.40. The van der Waals surface area contributed by atoms with Gasteiger partial charge in [-0.3, -0.25) is 4.79 Å². The Morgan fingerprint density at radius 3 is 2.83 bits per heavy atom. The van der Waals surface area contributed by atoms with Crippen molar-refractivity contribution >= 4 is 29.4 Å². The molecule has 0 bridgehead atoms. The van der Waals surface area contributed by atoms with Crippen LogP contribution in [0.3, 0.4) is 0 Å². The van der Waals surface area contributed by atoms with Crippen LogP contribution < -0.4 is 9.80 Å². The molecule has 0 spiro atoms. The van der Waals surface area contributed by atoms with E-state index in [0.717, 1.165) is 30.6 Å². The predicted molar refractivity (Wildman–Crippen MR) is 70.0 cm³/mol. The summed E-state index contributed by atoms with van der Waals surface area (Å²) in [6.07, 6.45) is 7.02. The number of nitrogens with zero attached hydrogens (tertiary/aromatic N) is 4. The molecular formula is C12H15ClN4O. The van der Waals surface area contributed by atoms with E-state index in [0.29, 0.717) is 6.04 Å². The lowest BCUT2D eigenvalue weighted by Crippen LogP contribution is -2.47. The second-order valence-corrected chi connectivity index (χ2v) is 5.19. The minimum Gasteiger partial charge on any atom is -0.344 e. The highest BCUT2D eigenvalue weighted by atomic mass is 35.5. The highest BCUT2D eigenvalue weighted by molar-refractivity contribution is 6.28. The van der Waals surface area contributed by atoms with E-state index >= 15 is 0 Å². The van der Waals surface area contributed by atoms with Gasteiger partial charge in [0.15, 0.2) is 18.3 Å². The maximum absolute atomic E-state index is 11.4. The van der Waals surface area contributed by atoms with Crippen molar-refractivity contribution < 1.29 is 4.79 Å². The number of fused-ring (bicyclic) bond motifs is 1. The van der Waals surface area contributed by atoms with Crippen LogP contribution in [0.4, 0.5) is 11.5 Å². The third kappa shape index (κ3) is 1.65. The third-order valence-corrected chi connectivity index (χ3v) is 4.05. The molecule has 1 aromatic heterocycles. The summed E-state index contributed by atoms with van der Waals surface area (Å²) in [5.41, 5.74) is 0.878. The number of hydrogen-bond donors (Lipinski definition) is 0. The average Bonchev–Trinajstić information content (AvgIpc) is 2.95. The van der Waals surface area contributed by atoms with Crippen LogP contribution in [0.2, 0.25) is 5.28 Å². The molecule has 1 aromatic rings. The van der Waals surface area contributed by atoms with E-state index in [4.69, 9.17) is 11.6 Å². The molecule has 1 fully saturated rings. The lowest BCUT2D eigenvalue weighted by Gasteiger charge is -2.30. The molecule has 1 unspecified atom stereocenters. The molecule has 2 heterocycles. The average molecular weight is 267 g/mol. The van der Waals surface area contributed by atoms with Crippen molar-refractivity contribution in [2.45, 2.75) is 37.9 Å². The van der Waals surface area contributed by atoms with Crippen LogP contribution in [0.1, 0.15) is 25.7 Å². The Morgan fingerprint density at radius 1 is 1.44 bits per heavy atom. The molecular weight excluding hydrogens is 252 g/mol. The molecule has 1 aliphatic heterocycles. The number of anilines is 2. The predicted octanol–water partition coefficient (Wildman–Crippen LogP) is 1.85. The largest absolute Gasteiger partial charge is 0.344 e. The molecule has 1 atom stereocenters. The number of carbonyl (C=O) groups is 1. The summed E-state index contributed by atoms with van der Waals surface area (Å²) in [4.78, 5) is 23.7. The van der Waals surface area contributed by atoms with Crippen LogP contribution in [-0.2, 0) is 4.79 Å². The number of likely N-dealkylation sites (N-methyl/N-ethyl adjacent to an activating group) is 1. The number of halogens is 1. The first kappa shape index (κ1) is 11.7. The molecule has 5 nitrogen and oxygen atoms in total. The summed E-state index contributed by atoms with van der Waals surface area (Å²) >= 11 is 5.88. The Balaban J connectivity index is 2.05. The van der Waals surface area contributed by atoms with Crippen LogP contribution in [0.25, 0.3) is 0 Å². The second kappa shape index (κ2) is 4.39. The van der Waals surface area contributed by atoms with Crippen molar-refractivity contribution in [2.75, 3.05) is 16.8 Å². The molecule has 1 saturated carbocycles. The number of hydrogen-bond acceptors (Lipinski definition) is 5. The zero-order chi connectivity index (χ0) is 12.7. The van der Waals surface area contributed by atoms with E-state index < -0.39 is 0 Å². The topological polar surface area (TPSA) is 49.3 Å². The molecule has 2 aliphatic rings. The van der Waals surface area contributed by atoms with E-state index in [1.165, 1.54) is 12.8 Å². The fraction of sp³-hybridized carbons (Fsp3) is 0.583. The number of rotatable bonds is 2. The molecule has 6 heteroatoms. The minimum absolute atomic E-state index is 0.233. The van der Waals surface area contributed by atoms with Crippen molar-refractivity contribution in [3.05, 3.63) is 11.5 Å². The maximum atomic E-state index is 11.4.